The van der Waals surface area contributed by atoms with Gasteiger partial charge >= 0.3 is 0 Å². The maximum atomic E-state index is 2.30. The van der Waals surface area contributed by atoms with Crippen molar-refractivity contribution >= 4 is 43.1 Å². The van der Waals surface area contributed by atoms with E-state index in [1.165, 1.54) is 54.2 Å². The Kier molecular flexibility index (Phi) is 3.27. The van der Waals surface area contributed by atoms with Gasteiger partial charge in [-0.15, -0.1) is 0 Å². The maximum Gasteiger partial charge on any atom is -0.00204 e. The van der Waals surface area contributed by atoms with Gasteiger partial charge in [0, 0.05) is 0 Å². The largest absolute Gasteiger partial charge is 0.0616 e. The van der Waals surface area contributed by atoms with E-state index in [0.29, 0.717) is 0 Å². The quantitative estimate of drug-likeness (QED) is 0.207. The molecule has 0 spiro atoms. The molecule has 130 valence electrons. The van der Waals surface area contributed by atoms with Gasteiger partial charge in [0.25, 0.3) is 0 Å². The number of hydrogen-bond acceptors (Lipinski definition) is 0. The average Bonchev–Trinajstić information content (AvgIpc) is 2.77. The maximum absolute atomic E-state index is 2.30. The number of hydrogen-bond donors (Lipinski definition) is 0. The van der Waals surface area contributed by atoms with E-state index in [2.05, 4.69) is 109 Å². The van der Waals surface area contributed by atoms with Crippen LogP contribution >= 0.6 is 0 Å². The first kappa shape index (κ1) is 15.4. The average molecular weight is 354 g/mol. The number of rotatable bonds is 1. The molecule has 0 atom stereocenters. The molecular weight excluding hydrogens is 336 g/mol. The highest BCUT2D eigenvalue weighted by molar-refractivity contribution is 6.21. The van der Waals surface area contributed by atoms with Crippen LogP contribution in [0.5, 0.6) is 0 Å². The first-order valence-electron chi connectivity index (χ1n) is 9.71. The molecule has 6 aromatic rings. The molecule has 0 aromatic heterocycles. The summed E-state index contributed by atoms with van der Waals surface area (Å²) in [6, 6.07) is 39.6. The molecule has 6 rings (SSSR count). The zero-order chi connectivity index (χ0) is 18.5. The van der Waals surface area contributed by atoms with Crippen molar-refractivity contribution in [3.8, 4) is 11.1 Å². The van der Waals surface area contributed by atoms with Crippen molar-refractivity contribution in [2.45, 2.75) is 0 Å². The van der Waals surface area contributed by atoms with E-state index in [-0.39, 0.29) is 0 Å². The van der Waals surface area contributed by atoms with Crippen LogP contribution in [0.2, 0.25) is 0 Å². The van der Waals surface area contributed by atoms with Gasteiger partial charge in [0.05, 0.1) is 0 Å². The highest BCUT2D eigenvalue weighted by Crippen LogP contribution is 2.41. The summed E-state index contributed by atoms with van der Waals surface area (Å²) in [5.74, 6) is 0. The van der Waals surface area contributed by atoms with Crippen LogP contribution in [-0.4, -0.2) is 0 Å². The minimum Gasteiger partial charge on any atom is -0.0616 e. The summed E-state index contributed by atoms with van der Waals surface area (Å²) in [7, 11) is 0. The Labute approximate surface area is 163 Å². The molecule has 0 amide bonds. The highest BCUT2D eigenvalue weighted by atomic mass is 14.2. The normalized spacial score (nSPS) is 11.6. The van der Waals surface area contributed by atoms with Gasteiger partial charge in [-0.25, -0.2) is 0 Å². The Morgan fingerprint density at radius 1 is 0.357 bits per heavy atom. The third kappa shape index (κ3) is 2.18. The van der Waals surface area contributed by atoms with Crippen molar-refractivity contribution in [3.63, 3.8) is 0 Å². The second kappa shape index (κ2) is 5.94. The minimum atomic E-state index is 1.28. The van der Waals surface area contributed by atoms with E-state index in [4.69, 9.17) is 0 Å². The molecule has 0 heterocycles. The van der Waals surface area contributed by atoms with Crippen LogP contribution in [-0.2, 0) is 0 Å². The van der Waals surface area contributed by atoms with Crippen LogP contribution in [0.15, 0.2) is 109 Å². The fourth-order valence-corrected chi connectivity index (χ4v) is 4.57. The molecule has 0 saturated heterocycles. The van der Waals surface area contributed by atoms with E-state index in [0.717, 1.165) is 0 Å². The molecule has 0 N–H and O–H groups in total. The molecular formula is C28H18. The molecule has 0 radical (unpaired) electrons. The first-order valence-corrected chi connectivity index (χ1v) is 9.71. The van der Waals surface area contributed by atoms with Gasteiger partial charge in [0.15, 0.2) is 0 Å². The van der Waals surface area contributed by atoms with Crippen LogP contribution in [0.1, 0.15) is 0 Å². The molecule has 0 aliphatic heterocycles. The second-order valence-corrected chi connectivity index (χ2v) is 7.38. The van der Waals surface area contributed by atoms with Crippen molar-refractivity contribution in [3.05, 3.63) is 109 Å². The lowest BCUT2D eigenvalue weighted by atomic mass is 9.88. The van der Waals surface area contributed by atoms with E-state index >= 15 is 0 Å². The summed E-state index contributed by atoms with van der Waals surface area (Å²) in [5, 5.41) is 10.4. The summed E-state index contributed by atoms with van der Waals surface area (Å²) in [5.41, 5.74) is 2.64. The van der Waals surface area contributed by atoms with E-state index in [1.807, 2.05) is 0 Å². The van der Waals surface area contributed by atoms with Crippen molar-refractivity contribution in [2.75, 3.05) is 0 Å². The highest BCUT2D eigenvalue weighted by Gasteiger charge is 2.13. The van der Waals surface area contributed by atoms with Gasteiger partial charge in [0.1, 0.15) is 0 Å². The lowest BCUT2D eigenvalue weighted by molar-refractivity contribution is 1.71. The van der Waals surface area contributed by atoms with Crippen LogP contribution < -0.4 is 0 Å². The SMILES string of the molecule is c1ccc2c(-c3cccc4ccc5ccccc5c34)c3ccccc3cc2c1. The van der Waals surface area contributed by atoms with E-state index in [9.17, 15) is 0 Å². The second-order valence-electron chi connectivity index (χ2n) is 7.38. The molecule has 0 fully saturated rings. The molecule has 0 aliphatic rings. The Morgan fingerprint density at radius 3 is 1.61 bits per heavy atom. The Balaban J connectivity index is 1.89. The van der Waals surface area contributed by atoms with Crippen molar-refractivity contribution in [2.24, 2.45) is 0 Å². The molecule has 28 heavy (non-hydrogen) atoms. The predicted octanol–water partition coefficient (Wildman–Crippen LogP) is 7.97. The van der Waals surface area contributed by atoms with Gasteiger partial charge in [-0.05, 0) is 60.3 Å². The molecule has 0 unspecified atom stereocenters. The minimum absolute atomic E-state index is 1.28. The van der Waals surface area contributed by atoms with Crippen molar-refractivity contribution in [1.29, 1.82) is 0 Å². The Bertz CT molecular complexity index is 1450. The molecule has 0 saturated carbocycles. The summed E-state index contributed by atoms with van der Waals surface area (Å²) in [6.45, 7) is 0. The van der Waals surface area contributed by atoms with Crippen molar-refractivity contribution < 1.29 is 0 Å². The van der Waals surface area contributed by atoms with Crippen LogP contribution in [0.3, 0.4) is 0 Å². The summed E-state index contributed by atoms with van der Waals surface area (Å²) >= 11 is 0. The molecule has 0 bridgehead atoms. The van der Waals surface area contributed by atoms with E-state index < -0.39 is 0 Å². The monoisotopic (exact) mass is 354 g/mol. The van der Waals surface area contributed by atoms with Crippen LogP contribution in [0.4, 0.5) is 0 Å². The lowest BCUT2D eigenvalue weighted by Gasteiger charge is -2.15. The number of benzene rings is 6. The lowest BCUT2D eigenvalue weighted by Crippen LogP contribution is -1.88. The number of fused-ring (bicyclic) bond motifs is 5. The summed E-state index contributed by atoms with van der Waals surface area (Å²) in [4.78, 5) is 0. The first-order chi connectivity index (χ1) is 13.9. The van der Waals surface area contributed by atoms with Crippen LogP contribution in [0, 0.1) is 0 Å². The van der Waals surface area contributed by atoms with Gasteiger partial charge in [-0.2, -0.15) is 0 Å². The van der Waals surface area contributed by atoms with Gasteiger partial charge in [-0.1, -0.05) is 103 Å². The Morgan fingerprint density at radius 2 is 0.893 bits per heavy atom. The van der Waals surface area contributed by atoms with Gasteiger partial charge < -0.3 is 0 Å². The fourth-order valence-electron chi connectivity index (χ4n) is 4.57. The third-order valence-electron chi connectivity index (χ3n) is 5.81. The molecule has 0 heteroatoms. The predicted molar refractivity (Wildman–Crippen MR) is 122 cm³/mol. The summed E-state index contributed by atoms with van der Waals surface area (Å²) in [6.07, 6.45) is 0. The van der Waals surface area contributed by atoms with Gasteiger partial charge in [0.2, 0.25) is 0 Å². The zero-order valence-electron chi connectivity index (χ0n) is 15.4. The molecule has 0 nitrogen and oxygen atoms in total. The smallest absolute Gasteiger partial charge is 0.00204 e. The Hall–Kier alpha value is -3.64. The van der Waals surface area contributed by atoms with Crippen LogP contribution in [0.25, 0.3) is 54.2 Å². The molecule has 6 aromatic carbocycles. The van der Waals surface area contributed by atoms with E-state index in [1.54, 1.807) is 0 Å². The fraction of sp³-hybridized carbons (Fsp3) is 0. The van der Waals surface area contributed by atoms with Crippen molar-refractivity contribution in [1.82, 2.24) is 0 Å². The standard InChI is InChI=1S/C28H18/c1-4-12-23-19(8-1)16-17-20-11-7-15-26(27(20)23)28-24-13-5-2-9-21(24)18-22-10-3-6-14-25(22)28/h1-18H. The zero-order valence-corrected chi connectivity index (χ0v) is 15.4. The molecule has 0 aliphatic carbocycles. The summed E-state index contributed by atoms with van der Waals surface area (Å²) < 4.78 is 0. The third-order valence-corrected chi connectivity index (χ3v) is 5.81. The topological polar surface area (TPSA) is 0 Å². The van der Waals surface area contributed by atoms with Gasteiger partial charge in [-0.3, -0.25) is 0 Å².